The molecule has 0 saturated heterocycles. The zero-order valence-electron chi connectivity index (χ0n) is 9.93. The topological polar surface area (TPSA) is 47.9 Å². The van der Waals surface area contributed by atoms with Gasteiger partial charge in [0, 0.05) is 10.5 Å². The second-order valence-electron chi connectivity index (χ2n) is 4.03. The normalized spacial score (nSPS) is 12.5. The molecule has 0 aromatic heterocycles. The first-order valence-electron chi connectivity index (χ1n) is 5.73. The fourth-order valence-corrected chi connectivity index (χ4v) is 2.28. The number of hydrogen-bond donors (Lipinski definition) is 1. The Morgan fingerprint density at radius 2 is 1.79 bits per heavy atom. The van der Waals surface area contributed by atoms with Crippen molar-refractivity contribution in [3.05, 3.63) is 46.4 Å². The van der Waals surface area contributed by atoms with Crippen LogP contribution in [-0.4, -0.2) is 11.9 Å². The van der Waals surface area contributed by atoms with Crippen LogP contribution in [0.15, 0.2) is 40.9 Å². The summed E-state index contributed by atoms with van der Waals surface area (Å²) >= 11 is 3.39. The predicted molar refractivity (Wildman–Crippen MR) is 72.7 cm³/mol. The van der Waals surface area contributed by atoms with Gasteiger partial charge in [-0.05, 0) is 29.8 Å². The lowest BCUT2D eigenvalue weighted by molar-refractivity contribution is 0.174. The fraction of sp³-hybridized carbons (Fsp3) is 0.143. The summed E-state index contributed by atoms with van der Waals surface area (Å²) in [6.45, 7) is 0.237. The van der Waals surface area contributed by atoms with E-state index in [1.165, 1.54) is 0 Å². The second kappa shape index (κ2) is 5.11. The number of aliphatic hydroxyl groups is 1. The number of halogens is 1. The van der Waals surface area contributed by atoms with Crippen LogP contribution in [0.25, 0.3) is 0 Å². The molecule has 2 aromatic carbocycles. The lowest BCUT2D eigenvalue weighted by Gasteiger charge is -2.08. The lowest BCUT2D eigenvalue weighted by atomic mass is 10.2. The van der Waals surface area contributed by atoms with Crippen molar-refractivity contribution in [2.45, 2.75) is 6.61 Å². The summed E-state index contributed by atoms with van der Waals surface area (Å²) in [6, 6.07) is 10.9. The SMILES string of the molecule is OCc1ccc(Oc2ccc3c(c2)OCO3)cc1Br. The molecule has 4 nitrogen and oxygen atoms in total. The summed E-state index contributed by atoms with van der Waals surface area (Å²) in [7, 11) is 0. The Labute approximate surface area is 118 Å². The average Bonchev–Trinajstić information content (AvgIpc) is 2.86. The van der Waals surface area contributed by atoms with E-state index in [2.05, 4.69) is 15.9 Å². The predicted octanol–water partition coefficient (Wildman–Crippen LogP) is 3.46. The molecular weight excluding hydrogens is 312 g/mol. The highest BCUT2D eigenvalue weighted by molar-refractivity contribution is 9.10. The van der Waals surface area contributed by atoms with Crippen molar-refractivity contribution >= 4 is 15.9 Å². The molecule has 0 spiro atoms. The van der Waals surface area contributed by atoms with E-state index in [0.29, 0.717) is 17.2 Å². The van der Waals surface area contributed by atoms with Gasteiger partial charge in [-0.1, -0.05) is 22.0 Å². The van der Waals surface area contributed by atoms with Gasteiger partial charge in [-0.25, -0.2) is 0 Å². The molecule has 1 heterocycles. The Balaban J connectivity index is 1.83. The van der Waals surface area contributed by atoms with Crippen LogP contribution in [0.5, 0.6) is 23.0 Å². The van der Waals surface area contributed by atoms with Gasteiger partial charge in [-0.15, -0.1) is 0 Å². The second-order valence-corrected chi connectivity index (χ2v) is 4.88. The number of ether oxygens (including phenoxy) is 3. The molecule has 0 fully saturated rings. The van der Waals surface area contributed by atoms with Crippen LogP contribution in [0.1, 0.15) is 5.56 Å². The van der Waals surface area contributed by atoms with Gasteiger partial charge in [0.1, 0.15) is 11.5 Å². The van der Waals surface area contributed by atoms with Crippen molar-refractivity contribution in [1.29, 1.82) is 0 Å². The van der Waals surface area contributed by atoms with E-state index in [9.17, 15) is 0 Å². The van der Waals surface area contributed by atoms with Crippen LogP contribution >= 0.6 is 15.9 Å². The van der Waals surface area contributed by atoms with E-state index >= 15 is 0 Å². The Morgan fingerprint density at radius 1 is 1.05 bits per heavy atom. The van der Waals surface area contributed by atoms with Gasteiger partial charge in [-0.3, -0.25) is 0 Å². The first kappa shape index (κ1) is 12.3. The highest BCUT2D eigenvalue weighted by atomic mass is 79.9. The van der Waals surface area contributed by atoms with Crippen molar-refractivity contribution in [3.63, 3.8) is 0 Å². The molecule has 0 amide bonds. The highest BCUT2D eigenvalue weighted by Crippen LogP contribution is 2.37. The van der Waals surface area contributed by atoms with Gasteiger partial charge in [0.2, 0.25) is 6.79 Å². The van der Waals surface area contributed by atoms with Crippen LogP contribution in [-0.2, 0) is 6.61 Å². The molecule has 0 aliphatic carbocycles. The van der Waals surface area contributed by atoms with Gasteiger partial charge >= 0.3 is 0 Å². The smallest absolute Gasteiger partial charge is 0.231 e. The number of fused-ring (bicyclic) bond motifs is 1. The zero-order valence-corrected chi connectivity index (χ0v) is 11.5. The van der Waals surface area contributed by atoms with Gasteiger partial charge in [0.15, 0.2) is 11.5 Å². The fourth-order valence-electron chi connectivity index (χ4n) is 1.80. The van der Waals surface area contributed by atoms with E-state index < -0.39 is 0 Å². The van der Waals surface area contributed by atoms with Crippen LogP contribution in [0.2, 0.25) is 0 Å². The van der Waals surface area contributed by atoms with Crippen molar-refractivity contribution in [3.8, 4) is 23.0 Å². The summed E-state index contributed by atoms with van der Waals surface area (Å²) in [5.41, 5.74) is 0.818. The van der Waals surface area contributed by atoms with Gasteiger partial charge < -0.3 is 19.3 Å². The Hall–Kier alpha value is -1.72. The number of aliphatic hydroxyl groups excluding tert-OH is 1. The molecule has 19 heavy (non-hydrogen) atoms. The summed E-state index contributed by atoms with van der Waals surface area (Å²) in [5, 5.41) is 9.10. The lowest BCUT2D eigenvalue weighted by Crippen LogP contribution is -1.92. The highest BCUT2D eigenvalue weighted by Gasteiger charge is 2.14. The Morgan fingerprint density at radius 3 is 2.58 bits per heavy atom. The number of rotatable bonds is 3. The average molecular weight is 323 g/mol. The van der Waals surface area contributed by atoms with E-state index in [-0.39, 0.29) is 13.4 Å². The number of benzene rings is 2. The van der Waals surface area contributed by atoms with E-state index in [1.807, 2.05) is 24.3 Å². The first-order chi connectivity index (χ1) is 9.26. The van der Waals surface area contributed by atoms with Crippen LogP contribution < -0.4 is 14.2 Å². The molecule has 98 valence electrons. The molecule has 0 radical (unpaired) electrons. The monoisotopic (exact) mass is 322 g/mol. The van der Waals surface area contributed by atoms with Gasteiger partial charge in [-0.2, -0.15) is 0 Å². The minimum Gasteiger partial charge on any atom is -0.457 e. The molecule has 0 bridgehead atoms. The molecule has 0 unspecified atom stereocenters. The summed E-state index contributed by atoms with van der Waals surface area (Å²) in [5.74, 6) is 2.77. The van der Waals surface area contributed by atoms with Crippen molar-refractivity contribution in [1.82, 2.24) is 0 Å². The van der Waals surface area contributed by atoms with Crippen molar-refractivity contribution in [2.24, 2.45) is 0 Å². The molecule has 1 aliphatic rings. The van der Waals surface area contributed by atoms with Gasteiger partial charge in [0.25, 0.3) is 0 Å². The van der Waals surface area contributed by atoms with E-state index in [0.717, 1.165) is 15.8 Å². The van der Waals surface area contributed by atoms with Crippen molar-refractivity contribution in [2.75, 3.05) is 6.79 Å². The van der Waals surface area contributed by atoms with Crippen molar-refractivity contribution < 1.29 is 19.3 Å². The minimum absolute atomic E-state index is 0.00904. The maximum absolute atomic E-state index is 9.10. The third kappa shape index (κ3) is 2.52. The van der Waals surface area contributed by atoms with Crippen LogP contribution in [0.4, 0.5) is 0 Å². The molecule has 0 saturated carbocycles. The standard InChI is InChI=1S/C14H11BrO4/c15-12-5-10(2-1-9(12)7-16)19-11-3-4-13-14(6-11)18-8-17-13/h1-6,16H,7-8H2. The van der Waals surface area contributed by atoms with E-state index in [1.54, 1.807) is 12.1 Å². The maximum Gasteiger partial charge on any atom is 0.231 e. The van der Waals surface area contributed by atoms with E-state index in [4.69, 9.17) is 19.3 Å². The minimum atomic E-state index is -0.00904. The molecule has 3 rings (SSSR count). The Kier molecular flexibility index (Phi) is 3.31. The van der Waals surface area contributed by atoms with Gasteiger partial charge in [0.05, 0.1) is 6.61 Å². The summed E-state index contributed by atoms with van der Waals surface area (Å²) < 4.78 is 17.1. The van der Waals surface area contributed by atoms with Crippen LogP contribution in [0.3, 0.4) is 0 Å². The summed E-state index contributed by atoms with van der Waals surface area (Å²) in [6.07, 6.45) is 0. The summed E-state index contributed by atoms with van der Waals surface area (Å²) in [4.78, 5) is 0. The molecule has 2 aromatic rings. The largest absolute Gasteiger partial charge is 0.457 e. The third-order valence-electron chi connectivity index (χ3n) is 2.77. The molecular formula is C14H11BrO4. The molecule has 1 aliphatic heterocycles. The molecule has 5 heteroatoms. The molecule has 0 atom stereocenters. The quantitative estimate of drug-likeness (QED) is 0.940. The Bertz CT molecular complexity index is 612. The first-order valence-corrected chi connectivity index (χ1v) is 6.52. The maximum atomic E-state index is 9.10. The third-order valence-corrected chi connectivity index (χ3v) is 3.51. The molecule has 1 N–H and O–H groups in total. The zero-order chi connectivity index (χ0) is 13.2. The van der Waals surface area contributed by atoms with Crippen LogP contribution in [0, 0.1) is 0 Å². The number of hydrogen-bond acceptors (Lipinski definition) is 4.